The van der Waals surface area contributed by atoms with Gasteiger partial charge in [-0.25, -0.2) is 8.42 Å². The van der Waals surface area contributed by atoms with Crippen molar-refractivity contribution in [2.24, 2.45) is 0 Å². The average Bonchev–Trinajstić information content (AvgIpc) is 3.68. The Labute approximate surface area is 219 Å². The van der Waals surface area contributed by atoms with Crippen LogP contribution in [0.15, 0.2) is 88.2 Å². The fraction of sp³-hybridized carbons (Fsp3) is 0.259. The van der Waals surface area contributed by atoms with Crippen molar-refractivity contribution in [2.45, 2.75) is 36.6 Å². The number of carbonyl (C=O) groups excluding carboxylic acids is 2. The van der Waals surface area contributed by atoms with Gasteiger partial charge >= 0.3 is 5.97 Å². The number of hydrogen-bond acceptors (Lipinski definition) is 5. The van der Waals surface area contributed by atoms with Gasteiger partial charge in [0.25, 0.3) is 0 Å². The minimum atomic E-state index is -3.92. The first kappa shape index (κ1) is 26.1. The van der Waals surface area contributed by atoms with E-state index in [1.807, 2.05) is 24.3 Å². The van der Waals surface area contributed by atoms with Gasteiger partial charge in [-0.2, -0.15) is 4.31 Å². The van der Waals surface area contributed by atoms with Crippen LogP contribution in [0.2, 0.25) is 0 Å². The van der Waals surface area contributed by atoms with Gasteiger partial charge in [-0.15, -0.1) is 0 Å². The zero-order chi connectivity index (χ0) is 25.8. The van der Waals surface area contributed by atoms with Crippen molar-refractivity contribution in [1.29, 1.82) is 0 Å². The normalized spacial score (nSPS) is 14.3. The molecule has 0 aliphatic heterocycles. The van der Waals surface area contributed by atoms with Crippen LogP contribution in [0.25, 0.3) is 0 Å². The number of nitrogens with one attached hydrogen (secondary N) is 1. The number of ether oxygens (including phenoxy) is 1. The lowest BCUT2D eigenvalue weighted by molar-refractivity contribution is -0.146. The van der Waals surface area contributed by atoms with Gasteiger partial charge in [-0.3, -0.25) is 9.59 Å². The molecule has 1 aliphatic carbocycles. The molecular formula is C27H27BrN2O5S. The Morgan fingerprint density at radius 1 is 0.972 bits per heavy atom. The third kappa shape index (κ3) is 5.86. The lowest BCUT2D eigenvalue weighted by Gasteiger charge is -2.22. The maximum absolute atomic E-state index is 13.4. The maximum atomic E-state index is 13.4. The molecule has 1 N–H and O–H groups in total. The number of nitrogens with zero attached hydrogens (tertiary/aromatic N) is 1. The van der Waals surface area contributed by atoms with E-state index in [9.17, 15) is 18.0 Å². The quantitative estimate of drug-likeness (QED) is 0.351. The molecule has 0 unspecified atom stereocenters. The minimum absolute atomic E-state index is 0.0406. The predicted molar refractivity (Wildman–Crippen MR) is 141 cm³/mol. The second-order valence-electron chi connectivity index (χ2n) is 8.64. The van der Waals surface area contributed by atoms with Gasteiger partial charge in [0.05, 0.1) is 23.5 Å². The summed E-state index contributed by atoms with van der Waals surface area (Å²) < 4.78 is 34.0. The Hall–Kier alpha value is -3.01. The highest BCUT2D eigenvalue weighted by Gasteiger charge is 2.52. The molecule has 188 valence electrons. The zero-order valence-electron chi connectivity index (χ0n) is 19.8. The summed E-state index contributed by atoms with van der Waals surface area (Å²) >= 11 is 3.38. The highest BCUT2D eigenvalue weighted by atomic mass is 79.9. The summed E-state index contributed by atoms with van der Waals surface area (Å²) in [6.45, 7) is 1.79. The number of sulfonamides is 1. The molecule has 3 aromatic carbocycles. The number of halogens is 1. The van der Waals surface area contributed by atoms with E-state index in [-0.39, 0.29) is 24.0 Å². The molecule has 9 heteroatoms. The van der Waals surface area contributed by atoms with Gasteiger partial charge in [0.15, 0.2) is 0 Å². The number of hydrogen-bond donors (Lipinski definition) is 1. The first-order valence-electron chi connectivity index (χ1n) is 11.6. The standard InChI is InChI=1S/C27H27BrN2O5S/c1-2-35-26(32)27(16-17-27)21-10-14-23(15-11-21)29-25(31)19-30(18-20-8-12-22(28)13-9-20)36(33,34)24-6-4-3-5-7-24/h3-15H,2,16-19H2,1H3,(H,29,31). The zero-order valence-corrected chi connectivity index (χ0v) is 22.2. The average molecular weight is 571 g/mol. The lowest BCUT2D eigenvalue weighted by Crippen LogP contribution is -2.37. The monoisotopic (exact) mass is 570 g/mol. The summed E-state index contributed by atoms with van der Waals surface area (Å²) in [6, 6.07) is 22.4. The predicted octanol–water partition coefficient (Wildman–Crippen LogP) is 4.87. The Kier molecular flexibility index (Phi) is 7.92. The van der Waals surface area contributed by atoms with Crippen molar-refractivity contribution in [1.82, 2.24) is 4.31 Å². The fourth-order valence-electron chi connectivity index (χ4n) is 4.00. The van der Waals surface area contributed by atoms with E-state index in [4.69, 9.17) is 4.74 Å². The molecule has 0 atom stereocenters. The maximum Gasteiger partial charge on any atom is 0.316 e. The Bertz CT molecular complexity index is 1320. The van der Waals surface area contributed by atoms with Crippen LogP contribution < -0.4 is 5.32 Å². The molecule has 1 saturated carbocycles. The molecule has 1 amide bonds. The van der Waals surface area contributed by atoms with Crippen molar-refractivity contribution in [3.05, 3.63) is 94.5 Å². The Balaban J connectivity index is 1.50. The van der Waals surface area contributed by atoms with E-state index < -0.39 is 21.3 Å². The molecule has 0 aromatic heterocycles. The van der Waals surface area contributed by atoms with Gasteiger partial charge in [0.2, 0.25) is 15.9 Å². The van der Waals surface area contributed by atoms with Gasteiger partial charge in [-0.1, -0.05) is 58.4 Å². The first-order chi connectivity index (χ1) is 17.2. The second-order valence-corrected chi connectivity index (χ2v) is 11.5. The number of benzene rings is 3. The largest absolute Gasteiger partial charge is 0.465 e. The summed E-state index contributed by atoms with van der Waals surface area (Å²) in [5, 5.41) is 2.78. The van der Waals surface area contributed by atoms with E-state index >= 15 is 0 Å². The molecule has 1 fully saturated rings. The minimum Gasteiger partial charge on any atom is -0.465 e. The van der Waals surface area contributed by atoms with Crippen LogP contribution >= 0.6 is 15.9 Å². The second kappa shape index (κ2) is 10.9. The highest BCUT2D eigenvalue weighted by molar-refractivity contribution is 9.10. The van der Waals surface area contributed by atoms with Crippen LogP contribution in [0, 0.1) is 0 Å². The summed E-state index contributed by atoms with van der Waals surface area (Å²) in [5.41, 5.74) is 1.53. The molecule has 7 nitrogen and oxygen atoms in total. The molecule has 0 spiro atoms. The van der Waals surface area contributed by atoms with Gasteiger partial charge in [0.1, 0.15) is 0 Å². The van der Waals surface area contributed by atoms with E-state index in [0.29, 0.717) is 12.3 Å². The molecular weight excluding hydrogens is 544 g/mol. The van der Waals surface area contributed by atoms with Crippen LogP contribution in [0.1, 0.15) is 30.9 Å². The topological polar surface area (TPSA) is 92.8 Å². The van der Waals surface area contributed by atoms with Crippen molar-refractivity contribution in [3.8, 4) is 0 Å². The summed E-state index contributed by atoms with van der Waals surface area (Å²) in [7, 11) is -3.92. The molecule has 0 bridgehead atoms. The highest BCUT2D eigenvalue weighted by Crippen LogP contribution is 2.49. The molecule has 0 saturated heterocycles. The van der Waals surface area contributed by atoms with Crippen molar-refractivity contribution in [2.75, 3.05) is 18.5 Å². The number of rotatable bonds is 10. The number of anilines is 1. The molecule has 0 radical (unpaired) electrons. The van der Waals surface area contributed by atoms with Crippen LogP contribution in [0.4, 0.5) is 5.69 Å². The summed E-state index contributed by atoms with van der Waals surface area (Å²) in [6.07, 6.45) is 1.47. The molecule has 36 heavy (non-hydrogen) atoms. The Morgan fingerprint density at radius 3 is 2.19 bits per heavy atom. The Morgan fingerprint density at radius 2 is 1.61 bits per heavy atom. The number of esters is 1. The third-order valence-electron chi connectivity index (χ3n) is 6.11. The number of amides is 1. The van der Waals surface area contributed by atoms with Crippen LogP contribution in [-0.4, -0.2) is 37.8 Å². The lowest BCUT2D eigenvalue weighted by atomic mass is 9.96. The SMILES string of the molecule is CCOC(=O)C1(c2ccc(NC(=O)CN(Cc3ccc(Br)cc3)S(=O)(=O)c3ccccc3)cc2)CC1. The van der Waals surface area contributed by atoms with Crippen molar-refractivity contribution in [3.63, 3.8) is 0 Å². The fourth-order valence-corrected chi connectivity index (χ4v) is 5.67. The molecule has 4 rings (SSSR count). The molecule has 3 aromatic rings. The van der Waals surface area contributed by atoms with Crippen LogP contribution in [-0.2, 0) is 36.3 Å². The smallest absolute Gasteiger partial charge is 0.316 e. The summed E-state index contributed by atoms with van der Waals surface area (Å²) in [4.78, 5) is 25.4. The van der Waals surface area contributed by atoms with Crippen molar-refractivity contribution < 1.29 is 22.7 Å². The summed E-state index contributed by atoms with van der Waals surface area (Å²) in [5.74, 6) is -0.692. The van der Waals surface area contributed by atoms with E-state index in [1.54, 1.807) is 49.4 Å². The van der Waals surface area contributed by atoms with E-state index in [1.165, 1.54) is 12.1 Å². The first-order valence-corrected chi connectivity index (χ1v) is 13.9. The van der Waals surface area contributed by atoms with Crippen LogP contribution in [0.3, 0.4) is 0 Å². The van der Waals surface area contributed by atoms with Crippen molar-refractivity contribution >= 4 is 43.5 Å². The number of carbonyl (C=O) groups is 2. The van der Waals surface area contributed by atoms with Gasteiger partial charge in [-0.05, 0) is 67.3 Å². The molecule has 0 heterocycles. The van der Waals surface area contributed by atoms with Crippen LogP contribution in [0.5, 0.6) is 0 Å². The third-order valence-corrected chi connectivity index (χ3v) is 8.45. The van der Waals surface area contributed by atoms with Gasteiger partial charge in [0, 0.05) is 16.7 Å². The van der Waals surface area contributed by atoms with E-state index in [2.05, 4.69) is 21.2 Å². The van der Waals surface area contributed by atoms with Gasteiger partial charge < -0.3 is 10.1 Å². The molecule has 1 aliphatic rings. The van der Waals surface area contributed by atoms with E-state index in [0.717, 1.165) is 32.7 Å².